The SMILES string of the molecule is O=S(=O)(OC1NCNC2=C1C=NC=CO2)C(F)(F)F. The van der Waals surface area contributed by atoms with Gasteiger partial charge in [0, 0.05) is 6.21 Å². The lowest BCUT2D eigenvalue weighted by atomic mass is 10.2. The van der Waals surface area contributed by atoms with Crippen molar-refractivity contribution in [2.24, 2.45) is 4.99 Å². The van der Waals surface area contributed by atoms with E-state index in [2.05, 4.69) is 19.8 Å². The molecule has 0 aliphatic carbocycles. The van der Waals surface area contributed by atoms with E-state index in [4.69, 9.17) is 4.74 Å². The van der Waals surface area contributed by atoms with E-state index >= 15 is 0 Å². The van der Waals surface area contributed by atoms with Crippen molar-refractivity contribution in [2.75, 3.05) is 6.67 Å². The zero-order valence-corrected chi connectivity index (χ0v) is 9.96. The van der Waals surface area contributed by atoms with Gasteiger partial charge >= 0.3 is 15.6 Å². The first-order chi connectivity index (χ1) is 8.81. The molecule has 1 unspecified atom stereocenters. The summed E-state index contributed by atoms with van der Waals surface area (Å²) >= 11 is 0. The van der Waals surface area contributed by atoms with Crippen LogP contribution in [-0.2, 0) is 19.0 Å². The molecule has 19 heavy (non-hydrogen) atoms. The number of hydrogen-bond acceptors (Lipinski definition) is 7. The van der Waals surface area contributed by atoms with Crippen LogP contribution in [0.25, 0.3) is 0 Å². The second-order valence-corrected chi connectivity index (χ2v) is 4.96. The molecular formula is C8H8F3N3O4S. The van der Waals surface area contributed by atoms with Crippen LogP contribution in [-0.4, -0.2) is 33.0 Å². The van der Waals surface area contributed by atoms with Crippen LogP contribution in [0, 0.1) is 0 Å². The van der Waals surface area contributed by atoms with E-state index in [9.17, 15) is 21.6 Å². The number of alkyl halides is 3. The summed E-state index contributed by atoms with van der Waals surface area (Å²) in [5, 5.41) is 5.07. The zero-order chi connectivity index (χ0) is 14.1. The molecule has 2 aliphatic heterocycles. The molecular weight excluding hydrogens is 291 g/mol. The average Bonchev–Trinajstić information content (AvgIpc) is 2.52. The summed E-state index contributed by atoms with van der Waals surface area (Å²) in [7, 11) is -5.72. The van der Waals surface area contributed by atoms with Crippen LogP contribution in [0.5, 0.6) is 0 Å². The molecule has 0 bridgehead atoms. The fourth-order valence-corrected chi connectivity index (χ4v) is 1.85. The van der Waals surface area contributed by atoms with Crippen LogP contribution < -0.4 is 10.6 Å². The molecule has 2 heterocycles. The van der Waals surface area contributed by atoms with E-state index in [-0.39, 0.29) is 18.1 Å². The van der Waals surface area contributed by atoms with Gasteiger partial charge in [0.25, 0.3) is 0 Å². The van der Waals surface area contributed by atoms with Crippen molar-refractivity contribution in [1.82, 2.24) is 10.6 Å². The van der Waals surface area contributed by atoms with Crippen LogP contribution in [0.15, 0.2) is 28.9 Å². The van der Waals surface area contributed by atoms with Crippen LogP contribution in [0.2, 0.25) is 0 Å². The summed E-state index contributed by atoms with van der Waals surface area (Å²) < 4.78 is 67.7. The number of halogens is 3. The van der Waals surface area contributed by atoms with E-state index in [1.54, 1.807) is 0 Å². The van der Waals surface area contributed by atoms with Gasteiger partial charge in [-0.3, -0.25) is 10.3 Å². The lowest BCUT2D eigenvalue weighted by molar-refractivity contribution is -0.0574. The van der Waals surface area contributed by atoms with Crippen LogP contribution in [0.4, 0.5) is 13.2 Å². The molecule has 0 amide bonds. The standard InChI is InChI=1S/C8H8F3N3O4S/c9-8(10,11)19(15,16)18-7-5-3-12-1-2-17-6(5)13-4-14-7/h1-3,7,13-14H,4H2. The molecule has 0 fully saturated rings. The minimum atomic E-state index is -5.72. The molecule has 2 N–H and O–H groups in total. The number of aliphatic imine (C=N–C) groups is 1. The second kappa shape index (κ2) is 4.83. The van der Waals surface area contributed by atoms with Gasteiger partial charge in [-0.25, -0.2) is 4.18 Å². The summed E-state index contributed by atoms with van der Waals surface area (Å²) in [6.45, 7) is -0.0292. The normalized spacial score (nSPS) is 23.4. The Hall–Kier alpha value is -1.59. The van der Waals surface area contributed by atoms with Crippen molar-refractivity contribution in [3.8, 4) is 0 Å². The predicted octanol–water partition coefficient (Wildman–Crippen LogP) is 0.113. The molecule has 2 rings (SSSR count). The van der Waals surface area contributed by atoms with E-state index in [1.165, 1.54) is 12.5 Å². The van der Waals surface area contributed by atoms with Gasteiger partial charge in [-0.2, -0.15) is 21.6 Å². The average molecular weight is 299 g/mol. The first kappa shape index (κ1) is 13.8. The molecule has 0 aromatic heterocycles. The molecule has 0 aromatic rings. The minimum Gasteiger partial charge on any atom is -0.447 e. The Bertz CT molecular complexity index is 552. The lowest BCUT2D eigenvalue weighted by Gasteiger charge is -2.26. The maximum absolute atomic E-state index is 12.2. The van der Waals surface area contributed by atoms with E-state index in [0.717, 1.165) is 6.21 Å². The van der Waals surface area contributed by atoms with Gasteiger partial charge < -0.3 is 10.1 Å². The summed E-state index contributed by atoms with van der Waals surface area (Å²) in [6, 6.07) is 0. The smallest absolute Gasteiger partial charge is 0.447 e. The topological polar surface area (TPSA) is 89.0 Å². The van der Waals surface area contributed by atoms with E-state index in [1.807, 2.05) is 0 Å². The molecule has 0 aromatic carbocycles. The fourth-order valence-electron chi connectivity index (χ4n) is 1.32. The van der Waals surface area contributed by atoms with Gasteiger partial charge in [-0.15, -0.1) is 0 Å². The number of hydrogen-bond donors (Lipinski definition) is 2. The van der Waals surface area contributed by atoms with Gasteiger partial charge in [0.1, 0.15) is 6.26 Å². The van der Waals surface area contributed by atoms with Crippen LogP contribution in [0.3, 0.4) is 0 Å². The highest BCUT2D eigenvalue weighted by Gasteiger charge is 2.49. The van der Waals surface area contributed by atoms with Gasteiger partial charge in [0.05, 0.1) is 18.4 Å². The molecule has 2 aliphatic rings. The monoisotopic (exact) mass is 299 g/mol. The molecule has 1 atom stereocenters. The highest BCUT2D eigenvalue weighted by molar-refractivity contribution is 7.87. The quantitative estimate of drug-likeness (QED) is 0.556. The molecule has 0 saturated heterocycles. The highest BCUT2D eigenvalue weighted by Crippen LogP contribution is 2.27. The molecule has 0 radical (unpaired) electrons. The van der Waals surface area contributed by atoms with Crippen molar-refractivity contribution >= 4 is 16.3 Å². The zero-order valence-electron chi connectivity index (χ0n) is 9.14. The van der Waals surface area contributed by atoms with Gasteiger partial charge in [-0.05, 0) is 0 Å². The second-order valence-electron chi connectivity index (χ2n) is 3.40. The van der Waals surface area contributed by atoms with Crippen molar-refractivity contribution in [3.05, 3.63) is 23.9 Å². The van der Waals surface area contributed by atoms with Gasteiger partial charge in [0.2, 0.25) is 5.88 Å². The molecule has 7 nitrogen and oxygen atoms in total. The largest absolute Gasteiger partial charge is 0.523 e. The van der Waals surface area contributed by atoms with Crippen molar-refractivity contribution in [1.29, 1.82) is 0 Å². The number of ether oxygens (including phenoxy) is 1. The first-order valence-electron chi connectivity index (χ1n) is 4.87. The third-order valence-electron chi connectivity index (χ3n) is 2.13. The first-order valence-corrected chi connectivity index (χ1v) is 6.28. The van der Waals surface area contributed by atoms with E-state index < -0.39 is 21.9 Å². The minimum absolute atomic E-state index is 0.00377. The summed E-state index contributed by atoms with van der Waals surface area (Å²) in [5.74, 6) is 0.0682. The number of nitrogens with zero attached hydrogens (tertiary/aromatic N) is 1. The Balaban J connectivity index is 2.26. The van der Waals surface area contributed by atoms with Gasteiger partial charge in [-0.1, -0.05) is 0 Å². The fraction of sp³-hybridized carbons (Fsp3) is 0.375. The molecule has 0 saturated carbocycles. The summed E-state index contributed by atoms with van der Waals surface area (Å²) in [5.41, 5.74) is -5.49. The van der Waals surface area contributed by atoms with Crippen molar-refractivity contribution in [2.45, 2.75) is 11.7 Å². The Morgan fingerprint density at radius 3 is 2.89 bits per heavy atom. The third-order valence-corrected chi connectivity index (χ3v) is 3.15. The Morgan fingerprint density at radius 1 is 1.47 bits per heavy atom. The van der Waals surface area contributed by atoms with Crippen LogP contribution in [0.1, 0.15) is 0 Å². The Morgan fingerprint density at radius 2 is 2.21 bits per heavy atom. The molecule has 0 spiro atoms. The molecule has 106 valence electrons. The van der Waals surface area contributed by atoms with Crippen LogP contribution >= 0.6 is 0 Å². The predicted molar refractivity (Wildman–Crippen MR) is 56.7 cm³/mol. The maximum atomic E-state index is 12.2. The number of nitrogens with one attached hydrogen (secondary N) is 2. The summed E-state index contributed by atoms with van der Waals surface area (Å²) in [4.78, 5) is 3.67. The van der Waals surface area contributed by atoms with E-state index in [0.29, 0.717) is 0 Å². The Kier molecular flexibility index (Phi) is 3.52. The lowest BCUT2D eigenvalue weighted by Crippen LogP contribution is -2.48. The molecule has 11 heteroatoms. The Labute approximate surface area is 105 Å². The number of rotatable bonds is 2. The maximum Gasteiger partial charge on any atom is 0.523 e. The highest BCUT2D eigenvalue weighted by atomic mass is 32.2. The van der Waals surface area contributed by atoms with Gasteiger partial charge in [0.15, 0.2) is 6.23 Å². The van der Waals surface area contributed by atoms with Crippen molar-refractivity contribution in [3.63, 3.8) is 0 Å². The third kappa shape index (κ3) is 2.88. The summed E-state index contributed by atoms with van der Waals surface area (Å²) in [6.07, 6.45) is 2.03. The van der Waals surface area contributed by atoms with Crippen molar-refractivity contribution < 1.29 is 30.5 Å².